The van der Waals surface area contributed by atoms with E-state index in [1.54, 1.807) is 0 Å². The van der Waals surface area contributed by atoms with E-state index in [9.17, 15) is 5.11 Å². The van der Waals surface area contributed by atoms with Gasteiger partial charge < -0.3 is 25.2 Å². The molecule has 0 bridgehead atoms. The number of ether oxygens (including phenoxy) is 2. The van der Waals surface area contributed by atoms with Gasteiger partial charge in [-0.15, -0.1) is 24.0 Å². The van der Waals surface area contributed by atoms with Crippen molar-refractivity contribution in [3.05, 3.63) is 65.7 Å². The quantitative estimate of drug-likeness (QED) is 0.288. The topological polar surface area (TPSA) is 75.1 Å². The zero-order valence-corrected chi connectivity index (χ0v) is 19.0. The predicted octanol–water partition coefficient (Wildman–Crippen LogP) is 3.26. The number of nitrogens with one attached hydrogen (secondary N) is 2. The molecule has 0 saturated heterocycles. The highest BCUT2D eigenvalue weighted by Gasteiger charge is 2.21. The lowest BCUT2D eigenvalue weighted by atomic mass is 10.0. The molecule has 1 aliphatic heterocycles. The molecule has 2 unspecified atom stereocenters. The Hall–Kier alpha value is -1.84. The van der Waals surface area contributed by atoms with Gasteiger partial charge in [-0.2, -0.15) is 0 Å². The van der Waals surface area contributed by atoms with Crippen molar-refractivity contribution in [3.63, 3.8) is 0 Å². The fourth-order valence-electron chi connectivity index (χ4n) is 3.11. The first-order valence-corrected chi connectivity index (χ1v) is 9.82. The van der Waals surface area contributed by atoms with Crippen molar-refractivity contribution in [1.29, 1.82) is 0 Å². The van der Waals surface area contributed by atoms with Gasteiger partial charge in [0, 0.05) is 18.5 Å². The summed E-state index contributed by atoms with van der Waals surface area (Å²) in [5.74, 6) is 1.60. The molecule has 0 saturated carbocycles. The van der Waals surface area contributed by atoms with Crippen LogP contribution in [0, 0.1) is 0 Å². The van der Waals surface area contributed by atoms with Gasteiger partial charge in [-0.1, -0.05) is 48.5 Å². The van der Waals surface area contributed by atoms with E-state index in [1.165, 1.54) is 0 Å². The maximum atomic E-state index is 10.2. The lowest BCUT2D eigenvalue weighted by Gasteiger charge is -2.28. The van der Waals surface area contributed by atoms with Gasteiger partial charge >= 0.3 is 0 Å². The maximum Gasteiger partial charge on any atom is 0.191 e. The molecule has 6 nitrogen and oxygen atoms in total. The largest absolute Gasteiger partial charge is 0.493 e. The molecule has 1 aliphatic rings. The number of benzene rings is 2. The van der Waals surface area contributed by atoms with E-state index in [-0.39, 0.29) is 43.2 Å². The summed E-state index contributed by atoms with van der Waals surface area (Å²) in [4.78, 5) is 4.53. The van der Waals surface area contributed by atoms with Gasteiger partial charge in [-0.3, -0.25) is 4.99 Å². The molecule has 0 amide bonds. The molecule has 1 heterocycles. The summed E-state index contributed by atoms with van der Waals surface area (Å²) >= 11 is 0. The predicted molar refractivity (Wildman–Crippen MR) is 126 cm³/mol. The van der Waals surface area contributed by atoms with Crippen LogP contribution in [0.1, 0.15) is 30.5 Å². The van der Waals surface area contributed by atoms with Crippen LogP contribution >= 0.6 is 24.0 Å². The van der Waals surface area contributed by atoms with Crippen LogP contribution < -0.4 is 15.4 Å². The number of hydrogen-bond donors (Lipinski definition) is 3. The van der Waals surface area contributed by atoms with Gasteiger partial charge in [-0.25, -0.2) is 0 Å². The summed E-state index contributed by atoms with van der Waals surface area (Å²) in [6.45, 7) is 4.45. The Morgan fingerprint density at radius 2 is 1.97 bits per heavy atom. The third-order valence-corrected chi connectivity index (χ3v) is 4.50. The van der Waals surface area contributed by atoms with Crippen molar-refractivity contribution in [3.8, 4) is 5.75 Å². The monoisotopic (exact) mass is 511 g/mol. The summed E-state index contributed by atoms with van der Waals surface area (Å²) in [6, 6.07) is 18.1. The highest BCUT2D eigenvalue weighted by Crippen LogP contribution is 2.31. The first-order valence-electron chi connectivity index (χ1n) is 9.82. The Kier molecular flexibility index (Phi) is 10.2. The van der Waals surface area contributed by atoms with Crippen molar-refractivity contribution in [2.24, 2.45) is 4.99 Å². The molecule has 2 aromatic carbocycles. The zero-order chi connectivity index (χ0) is 19.6. The molecule has 0 spiro atoms. The maximum absolute atomic E-state index is 10.2. The van der Waals surface area contributed by atoms with Gasteiger partial charge in [0.1, 0.15) is 5.75 Å². The number of nitrogens with zero attached hydrogens (tertiary/aromatic N) is 1. The number of guanidine groups is 1. The highest BCUT2D eigenvalue weighted by molar-refractivity contribution is 14.0. The van der Waals surface area contributed by atoms with E-state index < -0.39 is 6.10 Å². The SMILES string of the molecule is CCNC(=NCC(O)COCc1ccccc1)NC1CCOc2ccccc21.I. The number of rotatable bonds is 8. The van der Waals surface area contributed by atoms with E-state index in [2.05, 4.69) is 21.7 Å². The molecule has 158 valence electrons. The lowest BCUT2D eigenvalue weighted by Crippen LogP contribution is -2.41. The third-order valence-electron chi connectivity index (χ3n) is 4.50. The first-order chi connectivity index (χ1) is 13.8. The Bertz CT molecular complexity index is 758. The van der Waals surface area contributed by atoms with Crippen molar-refractivity contribution >= 4 is 29.9 Å². The van der Waals surface area contributed by atoms with Crippen LogP contribution in [-0.2, 0) is 11.3 Å². The van der Waals surface area contributed by atoms with Gasteiger partial charge in [-0.05, 0) is 18.6 Å². The second-order valence-corrected chi connectivity index (χ2v) is 6.75. The summed E-state index contributed by atoms with van der Waals surface area (Å²) in [5.41, 5.74) is 2.22. The van der Waals surface area contributed by atoms with Crippen LogP contribution in [0.15, 0.2) is 59.6 Å². The molecular formula is C22H30IN3O3. The second-order valence-electron chi connectivity index (χ2n) is 6.75. The molecule has 7 heteroatoms. The number of hydrogen-bond acceptors (Lipinski definition) is 4. The molecule has 3 rings (SSSR count). The van der Waals surface area contributed by atoms with E-state index in [0.717, 1.165) is 29.8 Å². The lowest BCUT2D eigenvalue weighted by molar-refractivity contribution is 0.0331. The second kappa shape index (κ2) is 12.7. The zero-order valence-electron chi connectivity index (χ0n) is 16.7. The minimum absolute atomic E-state index is 0. The standard InChI is InChI=1S/C22H29N3O3.HI/c1-2-23-22(25-20-12-13-28-21-11-7-6-10-19(20)21)24-14-18(26)16-27-15-17-8-4-3-5-9-17;/h3-11,18,20,26H,2,12-16H2,1H3,(H2,23,24,25);1H. The van der Waals surface area contributed by atoms with E-state index in [4.69, 9.17) is 9.47 Å². The molecule has 29 heavy (non-hydrogen) atoms. The smallest absolute Gasteiger partial charge is 0.191 e. The molecule has 2 atom stereocenters. The number of aliphatic imine (C=N–C) groups is 1. The number of halogens is 1. The summed E-state index contributed by atoms with van der Waals surface area (Å²) in [5, 5.41) is 16.9. The average molecular weight is 511 g/mol. The summed E-state index contributed by atoms with van der Waals surface area (Å²) < 4.78 is 11.3. The highest BCUT2D eigenvalue weighted by atomic mass is 127. The molecule has 3 N–H and O–H groups in total. The fourth-order valence-corrected chi connectivity index (χ4v) is 3.11. The Morgan fingerprint density at radius 1 is 1.21 bits per heavy atom. The summed E-state index contributed by atoms with van der Waals surface area (Å²) in [7, 11) is 0. The fraction of sp³-hybridized carbons (Fsp3) is 0.409. The van der Waals surface area contributed by atoms with Crippen LogP contribution in [0.4, 0.5) is 0 Å². The summed E-state index contributed by atoms with van der Waals surface area (Å²) in [6.07, 6.45) is 0.214. The van der Waals surface area contributed by atoms with Gasteiger partial charge in [0.25, 0.3) is 0 Å². The normalized spacial score (nSPS) is 16.8. The van der Waals surface area contributed by atoms with Crippen molar-refractivity contribution in [2.45, 2.75) is 32.1 Å². The Balaban J connectivity index is 0.00000300. The third kappa shape index (κ3) is 7.49. The minimum atomic E-state index is -0.652. The van der Waals surface area contributed by atoms with Gasteiger partial charge in [0.2, 0.25) is 0 Å². The number of aliphatic hydroxyl groups excluding tert-OH is 1. The number of para-hydroxylation sites is 1. The number of aliphatic hydroxyl groups is 1. The average Bonchev–Trinajstić information content (AvgIpc) is 2.73. The molecule has 0 aliphatic carbocycles. The molecule has 2 aromatic rings. The minimum Gasteiger partial charge on any atom is -0.493 e. The van der Waals surface area contributed by atoms with Gasteiger partial charge in [0.15, 0.2) is 5.96 Å². The van der Waals surface area contributed by atoms with Gasteiger partial charge in [0.05, 0.1) is 38.5 Å². The Morgan fingerprint density at radius 3 is 2.76 bits per heavy atom. The molecule has 0 fully saturated rings. The van der Waals surface area contributed by atoms with Crippen LogP contribution in [-0.4, -0.2) is 43.5 Å². The van der Waals surface area contributed by atoms with Crippen LogP contribution in [0.3, 0.4) is 0 Å². The first kappa shape index (κ1) is 23.4. The van der Waals surface area contributed by atoms with Crippen molar-refractivity contribution in [1.82, 2.24) is 10.6 Å². The van der Waals surface area contributed by atoms with E-state index >= 15 is 0 Å². The van der Waals surface area contributed by atoms with E-state index in [0.29, 0.717) is 19.2 Å². The molecule has 0 aromatic heterocycles. The molecule has 0 radical (unpaired) electrons. The van der Waals surface area contributed by atoms with Crippen molar-refractivity contribution < 1.29 is 14.6 Å². The van der Waals surface area contributed by atoms with Crippen molar-refractivity contribution in [2.75, 3.05) is 26.3 Å². The van der Waals surface area contributed by atoms with Crippen LogP contribution in [0.5, 0.6) is 5.75 Å². The van der Waals surface area contributed by atoms with Crippen LogP contribution in [0.25, 0.3) is 0 Å². The van der Waals surface area contributed by atoms with Crippen LogP contribution in [0.2, 0.25) is 0 Å². The van der Waals surface area contributed by atoms with E-state index in [1.807, 2.05) is 55.5 Å². The number of fused-ring (bicyclic) bond motifs is 1. The molecular weight excluding hydrogens is 481 g/mol. The Labute approximate surface area is 189 Å².